The van der Waals surface area contributed by atoms with Crippen LogP contribution in [-0.2, 0) is 24.3 Å². The van der Waals surface area contributed by atoms with Gasteiger partial charge in [-0.25, -0.2) is 8.42 Å². The van der Waals surface area contributed by atoms with Crippen LogP contribution in [0.3, 0.4) is 0 Å². The van der Waals surface area contributed by atoms with Crippen molar-refractivity contribution in [3.05, 3.63) is 0 Å². The fraction of sp³-hybridized carbons (Fsp3) is 0.857. The Morgan fingerprint density at radius 3 is 2.45 bits per heavy atom. The van der Waals surface area contributed by atoms with Crippen LogP contribution >= 0.6 is 11.8 Å². The third kappa shape index (κ3) is 5.24. The Morgan fingerprint density at radius 1 is 1.36 bits per heavy atom. The van der Waals surface area contributed by atoms with E-state index in [1.165, 1.54) is 11.2 Å². The van der Waals surface area contributed by atoms with E-state index >= 15 is 0 Å². The maximum absolute atomic E-state index is 12.6. The predicted octanol–water partition coefficient (Wildman–Crippen LogP) is 1.79. The van der Waals surface area contributed by atoms with Gasteiger partial charge in [-0.3, -0.25) is 9.59 Å². The van der Waals surface area contributed by atoms with Gasteiger partial charge in [0.2, 0.25) is 10.0 Å². The largest absolute Gasteiger partial charge is 0.459 e. The number of ether oxygens (including phenoxy) is 1. The van der Waals surface area contributed by atoms with Crippen molar-refractivity contribution in [1.82, 2.24) is 4.31 Å². The van der Waals surface area contributed by atoms with E-state index in [9.17, 15) is 18.0 Å². The highest BCUT2D eigenvalue weighted by atomic mass is 32.2. The predicted molar refractivity (Wildman–Crippen MR) is 87.1 cm³/mol. The Hall–Kier alpha value is -0.600. The molecule has 0 bridgehead atoms. The summed E-state index contributed by atoms with van der Waals surface area (Å²) in [5, 5.41) is -0.836. The topological polar surface area (TPSA) is 80.8 Å². The molecule has 0 amide bonds. The lowest BCUT2D eigenvalue weighted by Crippen LogP contribution is -2.47. The first-order valence-electron chi connectivity index (χ1n) is 7.32. The summed E-state index contributed by atoms with van der Waals surface area (Å²) in [4.78, 5) is 23.2. The molecule has 0 aromatic heterocycles. The molecule has 0 radical (unpaired) electrons. The summed E-state index contributed by atoms with van der Waals surface area (Å²) in [6.45, 7) is 8.56. The number of hydrogen-bond acceptors (Lipinski definition) is 6. The summed E-state index contributed by atoms with van der Waals surface area (Å²) >= 11 is 0.984. The van der Waals surface area contributed by atoms with Gasteiger partial charge in [0.25, 0.3) is 0 Å². The van der Waals surface area contributed by atoms with Gasteiger partial charge in [0.05, 0.1) is 5.25 Å². The fourth-order valence-corrected chi connectivity index (χ4v) is 4.96. The van der Waals surface area contributed by atoms with Crippen molar-refractivity contribution in [2.24, 2.45) is 0 Å². The van der Waals surface area contributed by atoms with Gasteiger partial charge in [-0.05, 0) is 40.5 Å². The minimum Gasteiger partial charge on any atom is -0.459 e. The molecular formula is C14H25NO5S2. The molecule has 6 nitrogen and oxygen atoms in total. The van der Waals surface area contributed by atoms with Gasteiger partial charge in [-0.15, -0.1) is 0 Å². The summed E-state index contributed by atoms with van der Waals surface area (Å²) in [7, 11) is -3.62. The van der Waals surface area contributed by atoms with Crippen molar-refractivity contribution < 1.29 is 22.7 Å². The highest BCUT2D eigenvalue weighted by Crippen LogP contribution is 2.27. The van der Waals surface area contributed by atoms with Crippen LogP contribution < -0.4 is 0 Å². The summed E-state index contributed by atoms with van der Waals surface area (Å²) in [5.74, 6) is -0.310. The summed E-state index contributed by atoms with van der Waals surface area (Å²) in [6.07, 6.45) is 1.11. The molecule has 0 aliphatic carbocycles. The average molecular weight is 351 g/mol. The molecule has 1 rings (SSSR count). The van der Waals surface area contributed by atoms with E-state index in [0.717, 1.165) is 11.8 Å². The second kappa shape index (κ2) is 7.31. The summed E-state index contributed by atoms with van der Waals surface area (Å²) in [6, 6.07) is -0.756. The molecule has 1 saturated heterocycles. The van der Waals surface area contributed by atoms with Crippen LogP contribution in [0.1, 0.15) is 47.5 Å². The first-order valence-corrected chi connectivity index (χ1v) is 9.81. The second-order valence-electron chi connectivity index (χ2n) is 6.46. The van der Waals surface area contributed by atoms with E-state index in [0.29, 0.717) is 19.4 Å². The SMILES string of the molecule is CC(=O)SCC(C)S(=O)(=O)N1CCC[C@H]1C(=O)OC(C)(C)C. The highest BCUT2D eigenvalue weighted by molar-refractivity contribution is 8.14. The first kappa shape index (κ1) is 19.4. The Bertz CT molecular complexity index is 524. The Kier molecular flexibility index (Phi) is 6.46. The van der Waals surface area contributed by atoms with E-state index in [1.807, 2.05) is 0 Å². The lowest BCUT2D eigenvalue weighted by atomic mass is 10.2. The molecule has 1 unspecified atom stereocenters. The standard InChI is InChI=1S/C14H25NO5S2/c1-10(9-21-11(2)16)22(18,19)15-8-6-7-12(15)13(17)20-14(3,4)5/h10,12H,6-9H2,1-5H3/t10?,12-/m0/s1. The molecule has 0 N–H and O–H groups in total. The van der Waals surface area contributed by atoms with Crippen LogP contribution in [0.4, 0.5) is 0 Å². The van der Waals surface area contributed by atoms with E-state index in [1.54, 1.807) is 27.7 Å². The molecule has 0 spiro atoms. The number of thioether (sulfide) groups is 1. The lowest BCUT2D eigenvalue weighted by Gasteiger charge is -2.28. The monoisotopic (exact) mass is 351 g/mol. The van der Waals surface area contributed by atoms with Gasteiger partial charge in [0.15, 0.2) is 5.12 Å². The molecule has 0 saturated carbocycles. The average Bonchev–Trinajstić information content (AvgIpc) is 2.83. The maximum atomic E-state index is 12.6. The molecule has 1 aliphatic heterocycles. The second-order valence-corrected chi connectivity index (χ2v) is 9.96. The minimum absolute atomic E-state index is 0.118. The number of carbonyl (C=O) groups is 2. The van der Waals surface area contributed by atoms with Gasteiger partial charge < -0.3 is 4.74 Å². The Balaban J connectivity index is 2.84. The van der Waals surface area contributed by atoms with Crippen LogP contribution in [0.5, 0.6) is 0 Å². The normalized spacial score (nSPS) is 21.6. The zero-order valence-electron chi connectivity index (χ0n) is 13.8. The van der Waals surface area contributed by atoms with E-state index < -0.39 is 32.9 Å². The number of esters is 1. The van der Waals surface area contributed by atoms with Crippen molar-refractivity contribution >= 4 is 32.9 Å². The molecule has 1 aliphatic rings. The first-order chi connectivity index (χ1) is 9.95. The molecule has 1 heterocycles. The van der Waals surface area contributed by atoms with Crippen molar-refractivity contribution in [1.29, 1.82) is 0 Å². The van der Waals surface area contributed by atoms with Crippen LogP contribution in [-0.4, -0.2) is 53.0 Å². The van der Waals surface area contributed by atoms with Gasteiger partial charge in [0, 0.05) is 19.2 Å². The van der Waals surface area contributed by atoms with E-state index in [2.05, 4.69) is 0 Å². The van der Waals surface area contributed by atoms with Crippen molar-refractivity contribution in [3.8, 4) is 0 Å². The zero-order valence-corrected chi connectivity index (χ0v) is 15.4. The number of carbonyl (C=O) groups excluding carboxylic acids is 2. The molecule has 0 aromatic rings. The highest BCUT2D eigenvalue weighted by Gasteiger charge is 2.42. The third-order valence-corrected chi connectivity index (χ3v) is 6.80. The number of hydrogen-bond donors (Lipinski definition) is 0. The molecule has 0 aromatic carbocycles. The summed E-state index contributed by atoms with van der Waals surface area (Å²) in [5.41, 5.74) is -0.648. The van der Waals surface area contributed by atoms with Crippen LogP contribution in [0.15, 0.2) is 0 Å². The number of sulfonamides is 1. The third-order valence-electron chi connectivity index (χ3n) is 3.24. The van der Waals surface area contributed by atoms with Gasteiger partial charge in [0.1, 0.15) is 11.6 Å². The smallest absolute Gasteiger partial charge is 0.324 e. The van der Waals surface area contributed by atoms with Gasteiger partial charge in [-0.2, -0.15) is 4.31 Å². The van der Waals surface area contributed by atoms with E-state index in [4.69, 9.17) is 4.74 Å². The van der Waals surface area contributed by atoms with Crippen LogP contribution in [0.2, 0.25) is 0 Å². The number of rotatable bonds is 5. The van der Waals surface area contributed by atoms with Gasteiger partial charge >= 0.3 is 5.97 Å². The Morgan fingerprint density at radius 2 is 1.95 bits per heavy atom. The van der Waals surface area contributed by atoms with E-state index in [-0.39, 0.29) is 10.9 Å². The summed E-state index contributed by atoms with van der Waals surface area (Å²) < 4.78 is 31.8. The quantitative estimate of drug-likeness (QED) is 0.703. The molecule has 22 heavy (non-hydrogen) atoms. The molecule has 128 valence electrons. The fourth-order valence-electron chi connectivity index (χ4n) is 2.20. The number of nitrogens with zero attached hydrogens (tertiary/aromatic N) is 1. The van der Waals surface area contributed by atoms with Crippen molar-refractivity contribution in [2.45, 2.75) is 64.4 Å². The van der Waals surface area contributed by atoms with Gasteiger partial charge in [-0.1, -0.05) is 11.8 Å². The minimum atomic E-state index is -3.62. The molecular weight excluding hydrogens is 326 g/mol. The maximum Gasteiger partial charge on any atom is 0.324 e. The molecule has 8 heteroatoms. The lowest BCUT2D eigenvalue weighted by molar-refractivity contribution is -0.158. The van der Waals surface area contributed by atoms with Crippen molar-refractivity contribution in [2.75, 3.05) is 12.3 Å². The van der Waals surface area contributed by atoms with Crippen LogP contribution in [0.25, 0.3) is 0 Å². The Labute approximate surface area is 137 Å². The van der Waals surface area contributed by atoms with Crippen LogP contribution in [0, 0.1) is 0 Å². The van der Waals surface area contributed by atoms with Crippen molar-refractivity contribution in [3.63, 3.8) is 0 Å². The molecule has 2 atom stereocenters. The zero-order chi connectivity index (χ0) is 17.1. The molecule has 1 fully saturated rings.